The predicted molar refractivity (Wildman–Crippen MR) is 89.3 cm³/mol. The van der Waals surface area contributed by atoms with E-state index in [-0.39, 0.29) is 9.79 Å². The average Bonchev–Trinajstić information content (AvgIpc) is 2.56. The van der Waals surface area contributed by atoms with Crippen LogP contribution in [0.5, 0.6) is 11.5 Å². The van der Waals surface area contributed by atoms with Crippen LogP contribution in [0.2, 0.25) is 0 Å². The molecule has 0 aliphatic carbocycles. The van der Waals surface area contributed by atoms with E-state index < -0.39 is 9.84 Å². The van der Waals surface area contributed by atoms with Crippen molar-refractivity contribution in [2.45, 2.75) is 9.79 Å². The number of benzene rings is 3. The number of nitrogens with two attached hydrogens (primary N) is 1. The van der Waals surface area contributed by atoms with Crippen LogP contribution in [0.15, 0.2) is 88.7 Å². The van der Waals surface area contributed by atoms with Crippen molar-refractivity contribution in [3.8, 4) is 11.5 Å². The molecular formula is C18H15NO3S. The topological polar surface area (TPSA) is 69.4 Å². The summed E-state index contributed by atoms with van der Waals surface area (Å²) in [4.78, 5) is 0.436. The van der Waals surface area contributed by atoms with Gasteiger partial charge in [-0.15, -0.1) is 0 Å². The van der Waals surface area contributed by atoms with E-state index in [1.165, 1.54) is 6.07 Å². The van der Waals surface area contributed by atoms with Crippen molar-refractivity contribution in [3.63, 3.8) is 0 Å². The summed E-state index contributed by atoms with van der Waals surface area (Å²) in [6, 6.07) is 21.7. The molecule has 0 aromatic heterocycles. The molecule has 3 rings (SSSR count). The normalized spacial score (nSPS) is 11.1. The Morgan fingerprint density at radius 2 is 1.30 bits per heavy atom. The molecule has 4 nitrogen and oxygen atoms in total. The van der Waals surface area contributed by atoms with Crippen molar-refractivity contribution < 1.29 is 13.2 Å². The molecule has 0 heterocycles. The number of ether oxygens (including phenoxy) is 1. The quantitative estimate of drug-likeness (QED) is 0.739. The van der Waals surface area contributed by atoms with Crippen LogP contribution in [0, 0.1) is 0 Å². The summed E-state index contributed by atoms with van der Waals surface area (Å²) in [6.45, 7) is 0. The minimum absolute atomic E-state index is 0.185. The van der Waals surface area contributed by atoms with E-state index in [1.807, 2.05) is 0 Å². The molecule has 0 saturated carbocycles. The number of nitrogen functional groups attached to an aromatic ring is 1. The van der Waals surface area contributed by atoms with Crippen LogP contribution >= 0.6 is 0 Å². The van der Waals surface area contributed by atoms with Crippen LogP contribution < -0.4 is 10.5 Å². The van der Waals surface area contributed by atoms with Crippen LogP contribution in [-0.2, 0) is 9.84 Å². The van der Waals surface area contributed by atoms with Gasteiger partial charge in [0.25, 0.3) is 0 Å². The lowest BCUT2D eigenvalue weighted by Gasteiger charge is -2.09. The molecular weight excluding hydrogens is 310 g/mol. The van der Waals surface area contributed by atoms with Gasteiger partial charge >= 0.3 is 0 Å². The maximum absolute atomic E-state index is 12.6. The average molecular weight is 325 g/mol. The zero-order valence-corrected chi connectivity index (χ0v) is 13.0. The van der Waals surface area contributed by atoms with E-state index in [0.717, 1.165) is 0 Å². The molecule has 0 atom stereocenters. The lowest BCUT2D eigenvalue weighted by Crippen LogP contribution is -2.01. The maximum Gasteiger partial charge on any atom is 0.206 e. The Labute approximate surface area is 135 Å². The van der Waals surface area contributed by atoms with Gasteiger partial charge < -0.3 is 10.5 Å². The van der Waals surface area contributed by atoms with E-state index in [1.54, 1.807) is 72.8 Å². The van der Waals surface area contributed by atoms with Gasteiger partial charge in [-0.1, -0.05) is 30.3 Å². The number of anilines is 1. The van der Waals surface area contributed by atoms with Gasteiger partial charge in [-0.2, -0.15) is 0 Å². The first-order valence-electron chi connectivity index (χ1n) is 6.99. The van der Waals surface area contributed by atoms with Gasteiger partial charge in [0.1, 0.15) is 11.5 Å². The summed E-state index contributed by atoms with van der Waals surface area (Å²) in [5.74, 6) is 0.992. The van der Waals surface area contributed by atoms with E-state index in [9.17, 15) is 8.42 Å². The van der Waals surface area contributed by atoms with Gasteiger partial charge in [-0.05, 0) is 42.5 Å². The van der Waals surface area contributed by atoms with E-state index in [2.05, 4.69) is 0 Å². The molecule has 0 aliphatic rings. The SMILES string of the molecule is Nc1cccc(Oc2cccc(S(=O)(=O)c3ccccc3)c2)c1. The van der Waals surface area contributed by atoms with Crippen molar-refractivity contribution >= 4 is 15.5 Å². The molecule has 0 unspecified atom stereocenters. The second-order valence-corrected chi connectivity index (χ2v) is 6.92. The van der Waals surface area contributed by atoms with Crippen LogP contribution in [0.3, 0.4) is 0 Å². The molecule has 2 N–H and O–H groups in total. The molecule has 0 aliphatic heterocycles. The predicted octanol–water partition coefficient (Wildman–Crippen LogP) is 3.89. The number of hydrogen-bond acceptors (Lipinski definition) is 4. The molecule has 0 radical (unpaired) electrons. The highest BCUT2D eigenvalue weighted by molar-refractivity contribution is 7.91. The van der Waals surface area contributed by atoms with Gasteiger partial charge in [-0.3, -0.25) is 0 Å². The molecule has 0 spiro atoms. The molecule has 0 fully saturated rings. The maximum atomic E-state index is 12.6. The number of sulfone groups is 1. The molecule has 3 aromatic rings. The summed E-state index contributed by atoms with van der Waals surface area (Å²) >= 11 is 0. The minimum Gasteiger partial charge on any atom is -0.457 e. The lowest BCUT2D eigenvalue weighted by molar-refractivity contribution is 0.481. The third kappa shape index (κ3) is 3.35. The molecule has 0 saturated heterocycles. The third-order valence-electron chi connectivity index (χ3n) is 3.26. The summed E-state index contributed by atoms with van der Waals surface area (Å²) in [6.07, 6.45) is 0. The Morgan fingerprint density at radius 3 is 2.00 bits per heavy atom. The van der Waals surface area contributed by atoms with Crippen LogP contribution in [0.4, 0.5) is 5.69 Å². The minimum atomic E-state index is -3.57. The highest BCUT2D eigenvalue weighted by atomic mass is 32.2. The first kappa shape index (κ1) is 15.1. The van der Waals surface area contributed by atoms with Crippen molar-refractivity contribution in [2.24, 2.45) is 0 Å². The fourth-order valence-corrected chi connectivity index (χ4v) is 3.47. The van der Waals surface area contributed by atoms with Crippen LogP contribution in [0.25, 0.3) is 0 Å². The van der Waals surface area contributed by atoms with Crippen molar-refractivity contribution in [3.05, 3.63) is 78.9 Å². The van der Waals surface area contributed by atoms with E-state index in [4.69, 9.17) is 10.5 Å². The number of rotatable bonds is 4. The van der Waals surface area contributed by atoms with Crippen molar-refractivity contribution in [1.82, 2.24) is 0 Å². The van der Waals surface area contributed by atoms with Gasteiger partial charge in [0.15, 0.2) is 0 Å². The smallest absolute Gasteiger partial charge is 0.206 e. The lowest BCUT2D eigenvalue weighted by atomic mass is 10.3. The van der Waals surface area contributed by atoms with Crippen molar-refractivity contribution in [2.75, 3.05) is 5.73 Å². The molecule has 116 valence electrons. The second kappa shape index (κ2) is 6.14. The summed E-state index contributed by atoms with van der Waals surface area (Å²) < 4.78 is 30.9. The Kier molecular flexibility index (Phi) is 4.04. The number of hydrogen-bond donors (Lipinski definition) is 1. The first-order valence-corrected chi connectivity index (χ1v) is 8.48. The zero-order valence-electron chi connectivity index (χ0n) is 12.2. The Morgan fingerprint density at radius 1 is 0.696 bits per heavy atom. The van der Waals surface area contributed by atoms with Crippen molar-refractivity contribution in [1.29, 1.82) is 0 Å². The Bertz CT molecular complexity index is 922. The van der Waals surface area contributed by atoms with Gasteiger partial charge in [0.05, 0.1) is 9.79 Å². The largest absolute Gasteiger partial charge is 0.457 e. The monoisotopic (exact) mass is 325 g/mol. The van der Waals surface area contributed by atoms with Gasteiger partial charge in [-0.25, -0.2) is 8.42 Å². The van der Waals surface area contributed by atoms with Gasteiger partial charge in [0.2, 0.25) is 9.84 Å². The van der Waals surface area contributed by atoms with Crippen LogP contribution in [-0.4, -0.2) is 8.42 Å². The van der Waals surface area contributed by atoms with E-state index in [0.29, 0.717) is 17.2 Å². The highest BCUT2D eigenvalue weighted by Crippen LogP contribution is 2.27. The molecule has 0 amide bonds. The van der Waals surface area contributed by atoms with Gasteiger partial charge in [0, 0.05) is 11.8 Å². The second-order valence-electron chi connectivity index (χ2n) is 4.97. The third-order valence-corrected chi connectivity index (χ3v) is 5.03. The first-order chi connectivity index (χ1) is 11.1. The molecule has 5 heteroatoms. The summed E-state index contributed by atoms with van der Waals surface area (Å²) in [5, 5.41) is 0. The standard InChI is InChI=1S/C18H15NO3S/c19-14-6-4-7-15(12-14)22-16-8-5-11-18(13-16)23(20,21)17-9-2-1-3-10-17/h1-13H,19H2. The van der Waals surface area contributed by atoms with E-state index >= 15 is 0 Å². The fourth-order valence-electron chi connectivity index (χ4n) is 2.15. The Hall–Kier alpha value is -2.79. The molecule has 23 heavy (non-hydrogen) atoms. The molecule has 3 aromatic carbocycles. The fraction of sp³-hybridized carbons (Fsp3) is 0. The zero-order chi connectivity index (χ0) is 16.3. The van der Waals surface area contributed by atoms with Crippen LogP contribution in [0.1, 0.15) is 0 Å². The Balaban J connectivity index is 1.94. The summed E-state index contributed by atoms with van der Waals surface area (Å²) in [5.41, 5.74) is 6.29. The summed E-state index contributed by atoms with van der Waals surface area (Å²) in [7, 11) is -3.57. The molecule has 0 bridgehead atoms. The highest BCUT2D eigenvalue weighted by Gasteiger charge is 2.17.